The molecule has 1 amide bonds. The zero-order valence-electron chi connectivity index (χ0n) is 7.92. The maximum atomic E-state index is 11.1. The molecule has 1 aliphatic rings. The van der Waals surface area contributed by atoms with Crippen LogP contribution in [0.3, 0.4) is 0 Å². The Morgan fingerprint density at radius 1 is 1.67 bits per heavy atom. The number of carbonyl (C=O) groups is 1. The average molecular weight is 171 g/mol. The van der Waals surface area contributed by atoms with Crippen molar-refractivity contribution in [3.8, 4) is 0 Å². The number of nitrogens with one attached hydrogen (secondary N) is 1. The maximum Gasteiger partial charge on any atom is 0.248 e. The Morgan fingerprint density at radius 2 is 2.25 bits per heavy atom. The van der Waals surface area contributed by atoms with Gasteiger partial charge in [-0.2, -0.15) is 0 Å². The molecule has 0 spiro atoms. The number of carbonyl (C=O) groups excluding carboxylic acids is 1. The van der Waals surface area contributed by atoms with E-state index in [0.717, 1.165) is 12.8 Å². The molecule has 0 aromatic heterocycles. The van der Waals surface area contributed by atoms with Gasteiger partial charge in [0.2, 0.25) is 5.91 Å². The lowest BCUT2D eigenvalue weighted by atomic mass is 9.67. The second-order valence-electron chi connectivity index (χ2n) is 4.26. The minimum absolute atomic E-state index is 0.213. The lowest BCUT2D eigenvalue weighted by molar-refractivity contribution is -0.131. The van der Waals surface area contributed by atoms with Crippen molar-refractivity contribution in [2.24, 2.45) is 5.41 Å². The van der Waals surface area contributed by atoms with Gasteiger partial charge in [0.15, 0.2) is 0 Å². The zero-order chi connectivity index (χ0) is 9.35. The molecule has 0 bridgehead atoms. The van der Waals surface area contributed by atoms with E-state index in [2.05, 4.69) is 19.2 Å². The Hall–Kier alpha value is -0.570. The highest BCUT2D eigenvalue weighted by molar-refractivity contribution is 5.80. The molecular weight excluding hydrogens is 154 g/mol. The largest absolute Gasteiger partial charge is 0.384 e. The Morgan fingerprint density at radius 3 is 2.50 bits per heavy atom. The Labute approximate surface area is 73.2 Å². The van der Waals surface area contributed by atoms with Gasteiger partial charge in [0.25, 0.3) is 0 Å². The van der Waals surface area contributed by atoms with E-state index in [1.807, 2.05) is 0 Å². The first-order valence-electron chi connectivity index (χ1n) is 4.42. The molecule has 3 heteroatoms. The average Bonchev–Trinajstić information content (AvgIpc) is 1.97. The predicted octanol–water partition coefficient (Wildman–Crippen LogP) is 0.672. The standard InChI is InChI=1S/C9H17NO2/c1-6(11)8(12)10-7-4-5-9(7,2)3/h6-7,11H,4-5H2,1-3H3,(H,10,12)/t6-,7?/m0/s1. The summed E-state index contributed by atoms with van der Waals surface area (Å²) in [4.78, 5) is 11.1. The molecule has 1 aliphatic carbocycles. The third-order valence-electron chi connectivity index (χ3n) is 2.72. The van der Waals surface area contributed by atoms with Crippen LogP contribution >= 0.6 is 0 Å². The molecule has 0 heterocycles. The summed E-state index contributed by atoms with van der Waals surface area (Å²) in [6.45, 7) is 5.74. The van der Waals surface area contributed by atoms with Crippen molar-refractivity contribution in [1.82, 2.24) is 5.32 Å². The fourth-order valence-electron chi connectivity index (χ4n) is 1.43. The van der Waals surface area contributed by atoms with E-state index >= 15 is 0 Å². The van der Waals surface area contributed by atoms with Crippen LogP contribution in [0.25, 0.3) is 0 Å². The molecule has 2 N–H and O–H groups in total. The third kappa shape index (κ3) is 1.78. The van der Waals surface area contributed by atoms with Gasteiger partial charge in [-0.15, -0.1) is 0 Å². The van der Waals surface area contributed by atoms with E-state index in [1.54, 1.807) is 0 Å². The van der Waals surface area contributed by atoms with Gasteiger partial charge in [-0.05, 0) is 25.2 Å². The van der Waals surface area contributed by atoms with Crippen molar-refractivity contribution in [2.75, 3.05) is 0 Å². The van der Waals surface area contributed by atoms with Crippen molar-refractivity contribution in [3.05, 3.63) is 0 Å². The van der Waals surface area contributed by atoms with E-state index in [4.69, 9.17) is 5.11 Å². The van der Waals surface area contributed by atoms with Crippen LogP contribution in [0.1, 0.15) is 33.6 Å². The van der Waals surface area contributed by atoms with E-state index in [1.165, 1.54) is 6.92 Å². The van der Waals surface area contributed by atoms with Crippen LogP contribution in [0.4, 0.5) is 0 Å². The van der Waals surface area contributed by atoms with Crippen molar-refractivity contribution < 1.29 is 9.90 Å². The Kier molecular flexibility index (Phi) is 2.42. The molecule has 0 aromatic rings. The number of hydrogen-bond donors (Lipinski definition) is 2. The number of amides is 1. The lowest BCUT2D eigenvalue weighted by Crippen LogP contribution is -2.54. The molecular formula is C9H17NO2. The number of hydrogen-bond acceptors (Lipinski definition) is 2. The topological polar surface area (TPSA) is 49.3 Å². The van der Waals surface area contributed by atoms with Gasteiger partial charge in [-0.3, -0.25) is 4.79 Å². The van der Waals surface area contributed by atoms with Gasteiger partial charge >= 0.3 is 0 Å². The quantitative estimate of drug-likeness (QED) is 0.641. The molecule has 1 fully saturated rings. The second kappa shape index (κ2) is 3.05. The van der Waals surface area contributed by atoms with E-state index < -0.39 is 6.10 Å². The van der Waals surface area contributed by atoms with Crippen LogP contribution in [-0.2, 0) is 4.79 Å². The third-order valence-corrected chi connectivity index (χ3v) is 2.72. The van der Waals surface area contributed by atoms with Crippen molar-refractivity contribution >= 4 is 5.91 Å². The van der Waals surface area contributed by atoms with Gasteiger partial charge in [0.05, 0.1) is 0 Å². The SMILES string of the molecule is C[C@H](O)C(=O)NC1CCC1(C)C. The predicted molar refractivity (Wildman–Crippen MR) is 46.6 cm³/mol. The molecule has 12 heavy (non-hydrogen) atoms. The molecule has 1 unspecified atom stereocenters. The summed E-state index contributed by atoms with van der Waals surface area (Å²) < 4.78 is 0. The van der Waals surface area contributed by atoms with Gasteiger partial charge in [-0.25, -0.2) is 0 Å². The maximum absolute atomic E-state index is 11.1. The van der Waals surface area contributed by atoms with Crippen molar-refractivity contribution in [2.45, 2.75) is 45.8 Å². The molecule has 1 rings (SSSR count). The normalized spacial score (nSPS) is 28.8. The highest BCUT2D eigenvalue weighted by atomic mass is 16.3. The van der Waals surface area contributed by atoms with Gasteiger partial charge < -0.3 is 10.4 Å². The monoisotopic (exact) mass is 171 g/mol. The van der Waals surface area contributed by atoms with Gasteiger partial charge in [0.1, 0.15) is 6.10 Å². The van der Waals surface area contributed by atoms with Crippen LogP contribution in [0.5, 0.6) is 0 Å². The lowest BCUT2D eigenvalue weighted by Gasteiger charge is -2.44. The van der Waals surface area contributed by atoms with Crippen LogP contribution in [-0.4, -0.2) is 23.2 Å². The Bertz CT molecular complexity index is 187. The van der Waals surface area contributed by atoms with Crippen molar-refractivity contribution in [3.63, 3.8) is 0 Å². The number of rotatable bonds is 2. The molecule has 3 nitrogen and oxygen atoms in total. The summed E-state index contributed by atoms with van der Waals surface area (Å²) in [5.74, 6) is -0.257. The summed E-state index contributed by atoms with van der Waals surface area (Å²) in [5.41, 5.74) is 0.213. The minimum atomic E-state index is -0.888. The first-order valence-corrected chi connectivity index (χ1v) is 4.42. The second-order valence-corrected chi connectivity index (χ2v) is 4.26. The summed E-state index contributed by atoms with van der Waals surface area (Å²) in [7, 11) is 0. The zero-order valence-corrected chi connectivity index (χ0v) is 7.92. The van der Waals surface area contributed by atoms with Gasteiger partial charge in [-0.1, -0.05) is 13.8 Å². The van der Waals surface area contributed by atoms with Crippen LogP contribution in [0.15, 0.2) is 0 Å². The summed E-state index contributed by atoms with van der Waals surface area (Å²) in [5, 5.41) is 11.8. The highest BCUT2D eigenvalue weighted by Gasteiger charge is 2.39. The fourth-order valence-corrected chi connectivity index (χ4v) is 1.43. The highest BCUT2D eigenvalue weighted by Crippen LogP contribution is 2.39. The molecule has 0 saturated heterocycles. The van der Waals surface area contributed by atoms with Gasteiger partial charge in [0, 0.05) is 6.04 Å². The van der Waals surface area contributed by atoms with E-state index in [-0.39, 0.29) is 17.4 Å². The number of aliphatic hydroxyl groups excluding tert-OH is 1. The summed E-state index contributed by atoms with van der Waals surface area (Å²) in [6.07, 6.45) is 1.30. The van der Waals surface area contributed by atoms with Crippen LogP contribution in [0.2, 0.25) is 0 Å². The molecule has 0 radical (unpaired) electrons. The molecule has 0 aliphatic heterocycles. The fraction of sp³-hybridized carbons (Fsp3) is 0.889. The molecule has 0 aromatic carbocycles. The minimum Gasteiger partial charge on any atom is -0.384 e. The van der Waals surface area contributed by atoms with Crippen LogP contribution < -0.4 is 5.32 Å². The van der Waals surface area contributed by atoms with E-state index in [0.29, 0.717) is 0 Å². The molecule has 70 valence electrons. The molecule has 2 atom stereocenters. The Balaban J connectivity index is 2.38. The summed E-state index contributed by atoms with van der Waals surface area (Å²) in [6, 6.07) is 0.250. The first kappa shape index (κ1) is 9.52. The number of aliphatic hydroxyl groups is 1. The van der Waals surface area contributed by atoms with Crippen LogP contribution in [0, 0.1) is 5.41 Å². The smallest absolute Gasteiger partial charge is 0.248 e. The van der Waals surface area contributed by atoms with Crippen molar-refractivity contribution in [1.29, 1.82) is 0 Å². The molecule has 1 saturated carbocycles. The summed E-state index contributed by atoms with van der Waals surface area (Å²) >= 11 is 0. The van der Waals surface area contributed by atoms with E-state index in [9.17, 15) is 4.79 Å². The first-order chi connectivity index (χ1) is 5.43.